The Morgan fingerprint density at radius 3 is 2.36 bits per heavy atom. The first-order valence-electron chi connectivity index (χ1n) is 6.45. The topological polar surface area (TPSA) is 64.9 Å². The van der Waals surface area contributed by atoms with Crippen LogP contribution < -0.4 is 10.9 Å². The average molecular weight is 376 g/mol. The molecule has 0 atom stereocenters. The molecule has 0 unspecified atom stereocenters. The normalized spacial score (nSPS) is 10.9. The number of halogens is 6. The third-order valence-electron chi connectivity index (χ3n) is 3.02. The van der Waals surface area contributed by atoms with Gasteiger partial charge in [0.25, 0.3) is 5.91 Å². The molecule has 0 saturated carbocycles. The summed E-state index contributed by atoms with van der Waals surface area (Å²) in [4.78, 5) is 11.9. The second kappa shape index (κ2) is 6.94. The lowest BCUT2D eigenvalue weighted by atomic mass is 10.1. The molecule has 0 saturated heterocycles. The standard InChI is InChI=1S/C15H7ClF5N3O/c16-10-5-12(18)11(17)4-8(10)14(25)24-23-13-2-1-7(6-22)3-9(13)15(19,20)21/h1-5,23H,(H,24,25). The third-order valence-corrected chi connectivity index (χ3v) is 3.33. The molecular weight excluding hydrogens is 369 g/mol. The van der Waals surface area contributed by atoms with Crippen molar-refractivity contribution in [3.8, 4) is 6.07 Å². The molecule has 10 heteroatoms. The van der Waals surface area contributed by atoms with Crippen molar-refractivity contribution in [1.82, 2.24) is 5.43 Å². The molecule has 2 rings (SSSR count). The van der Waals surface area contributed by atoms with E-state index in [2.05, 4.69) is 0 Å². The van der Waals surface area contributed by atoms with Gasteiger partial charge in [-0.05, 0) is 30.3 Å². The van der Waals surface area contributed by atoms with E-state index in [1.807, 2.05) is 10.9 Å². The number of amides is 1. The number of nitrogens with one attached hydrogen (secondary N) is 2. The maximum absolute atomic E-state index is 13.2. The molecule has 0 aliphatic rings. The van der Waals surface area contributed by atoms with E-state index in [1.165, 1.54) is 0 Å². The molecule has 0 aromatic heterocycles. The highest BCUT2D eigenvalue weighted by Crippen LogP contribution is 2.35. The summed E-state index contributed by atoms with van der Waals surface area (Å²) in [6.45, 7) is 0. The quantitative estimate of drug-likeness (QED) is 0.478. The van der Waals surface area contributed by atoms with Crippen LogP contribution in [0.2, 0.25) is 5.02 Å². The SMILES string of the molecule is N#Cc1ccc(NNC(=O)c2cc(F)c(F)cc2Cl)c(C(F)(F)F)c1. The number of nitriles is 1. The smallest absolute Gasteiger partial charge is 0.298 e. The van der Waals surface area contributed by atoms with E-state index in [9.17, 15) is 26.7 Å². The number of nitrogens with zero attached hydrogens (tertiary/aromatic N) is 1. The molecule has 0 spiro atoms. The highest BCUT2D eigenvalue weighted by Gasteiger charge is 2.34. The van der Waals surface area contributed by atoms with Gasteiger partial charge in [-0.1, -0.05) is 11.6 Å². The Morgan fingerprint density at radius 1 is 1.12 bits per heavy atom. The summed E-state index contributed by atoms with van der Waals surface area (Å²) in [5.41, 5.74) is 1.49. The van der Waals surface area contributed by atoms with Crippen LogP contribution in [0.4, 0.5) is 27.6 Å². The van der Waals surface area contributed by atoms with Crippen molar-refractivity contribution < 1.29 is 26.7 Å². The van der Waals surface area contributed by atoms with Crippen molar-refractivity contribution in [3.05, 3.63) is 63.7 Å². The van der Waals surface area contributed by atoms with Crippen LogP contribution in [-0.4, -0.2) is 5.91 Å². The van der Waals surface area contributed by atoms with Gasteiger partial charge in [0.15, 0.2) is 11.6 Å². The first-order valence-corrected chi connectivity index (χ1v) is 6.83. The van der Waals surface area contributed by atoms with Crippen molar-refractivity contribution in [3.63, 3.8) is 0 Å². The molecular formula is C15H7ClF5N3O. The maximum atomic E-state index is 13.2. The number of carbonyl (C=O) groups excluding carboxylic acids is 1. The lowest BCUT2D eigenvalue weighted by Crippen LogP contribution is -2.31. The fourth-order valence-corrected chi connectivity index (χ4v) is 2.08. The van der Waals surface area contributed by atoms with Crippen LogP contribution in [0, 0.1) is 23.0 Å². The molecule has 2 aromatic rings. The second-order valence-electron chi connectivity index (χ2n) is 4.70. The monoisotopic (exact) mass is 375 g/mol. The van der Waals surface area contributed by atoms with Gasteiger partial charge in [0.05, 0.1) is 33.5 Å². The number of hydrazine groups is 1. The first kappa shape index (κ1) is 18.5. The van der Waals surface area contributed by atoms with E-state index in [0.717, 1.165) is 12.1 Å². The number of benzene rings is 2. The minimum absolute atomic E-state index is 0.229. The summed E-state index contributed by atoms with van der Waals surface area (Å²) in [6.07, 6.45) is -4.79. The van der Waals surface area contributed by atoms with E-state index < -0.39 is 45.6 Å². The highest BCUT2D eigenvalue weighted by atomic mass is 35.5. The van der Waals surface area contributed by atoms with Crippen LogP contribution in [0.25, 0.3) is 0 Å². The Hall–Kier alpha value is -2.86. The summed E-state index contributed by atoms with van der Waals surface area (Å²) >= 11 is 5.61. The fraction of sp³-hybridized carbons (Fsp3) is 0.0667. The Kier molecular flexibility index (Phi) is 5.13. The minimum Gasteiger partial charge on any atom is -0.298 e. The number of hydrogen-bond acceptors (Lipinski definition) is 3. The molecule has 2 aromatic carbocycles. The molecule has 2 N–H and O–H groups in total. The van der Waals surface area contributed by atoms with Gasteiger partial charge in [0, 0.05) is 0 Å². The van der Waals surface area contributed by atoms with Crippen LogP contribution in [-0.2, 0) is 6.18 Å². The molecule has 0 bridgehead atoms. The van der Waals surface area contributed by atoms with Gasteiger partial charge in [-0.25, -0.2) is 8.78 Å². The molecule has 0 radical (unpaired) electrons. The lowest BCUT2D eigenvalue weighted by molar-refractivity contribution is -0.137. The number of hydrogen-bond donors (Lipinski definition) is 2. The molecule has 1 amide bonds. The van der Waals surface area contributed by atoms with Crippen molar-refractivity contribution in [2.75, 3.05) is 5.43 Å². The van der Waals surface area contributed by atoms with E-state index in [1.54, 1.807) is 6.07 Å². The number of anilines is 1. The zero-order valence-electron chi connectivity index (χ0n) is 12.0. The van der Waals surface area contributed by atoms with Gasteiger partial charge in [-0.2, -0.15) is 18.4 Å². The predicted octanol–water partition coefficient (Wildman–Crippen LogP) is 4.27. The Labute approximate surface area is 142 Å². The van der Waals surface area contributed by atoms with Crippen molar-refractivity contribution in [2.45, 2.75) is 6.18 Å². The van der Waals surface area contributed by atoms with Crippen LogP contribution in [0.15, 0.2) is 30.3 Å². The first-order chi connectivity index (χ1) is 11.6. The van der Waals surface area contributed by atoms with Crippen LogP contribution in [0.1, 0.15) is 21.5 Å². The second-order valence-corrected chi connectivity index (χ2v) is 5.10. The van der Waals surface area contributed by atoms with Gasteiger partial charge >= 0.3 is 6.18 Å². The van der Waals surface area contributed by atoms with Crippen molar-refractivity contribution >= 4 is 23.2 Å². The average Bonchev–Trinajstić information content (AvgIpc) is 2.55. The summed E-state index contributed by atoms with van der Waals surface area (Å²) < 4.78 is 65.1. The molecule has 0 heterocycles. The van der Waals surface area contributed by atoms with E-state index >= 15 is 0 Å². The van der Waals surface area contributed by atoms with Gasteiger partial charge in [0.2, 0.25) is 0 Å². The summed E-state index contributed by atoms with van der Waals surface area (Å²) in [5, 5.41) is 8.25. The molecule has 0 aliphatic carbocycles. The minimum atomic E-state index is -4.79. The molecule has 0 fully saturated rings. The summed E-state index contributed by atoms with van der Waals surface area (Å²) in [6, 6.07) is 5.28. The van der Waals surface area contributed by atoms with Crippen LogP contribution in [0.3, 0.4) is 0 Å². The molecule has 0 aliphatic heterocycles. The Morgan fingerprint density at radius 2 is 1.76 bits per heavy atom. The van der Waals surface area contributed by atoms with E-state index in [-0.39, 0.29) is 5.56 Å². The predicted molar refractivity (Wildman–Crippen MR) is 78.6 cm³/mol. The number of carbonyl (C=O) groups is 1. The van der Waals surface area contributed by atoms with Gasteiger partial charge in [-0.3, -0.25) is 15.6 Å². The lowest BCUT2D eigenvalue weighted by Gasteiger charge is -2.15. The zero-order chi connectivity index (χ0) is 18.8. The highest BCUT2D eigenvalue weighted by molar-refractivity contribution is 6.33. The molecule has 4 nitrogen and oxygen atoms in total. The van der Waals surface area contributed by atoms with Crippen LogP contribution in [0.5, 0.6) is 0 Å². The van der Waals surface area contributed by atoms with E-state index in [4.69, 9.17) is 16.9 Å². The maximum Gasteiger partial charge on any atom is 0.418 e. The zero-order valence-corrected chi connectivity index (χ0v) is 12.8. The largest absolute Gasteiger partial charge is 0.418 e. The Balaban J connectivity index is 2.26. The van der Waals surface area contributed by atoms with Gasteiger partial charge in [-0.15, -0.1) is 0 Å². The molecule has 130 valence electrons. The number of alkyl halides is 3. The summed E-state index contributed by atoms with van der Waals surface area (Å²) in [7, 11) is 0. The third kappa shape index (κ3) is 4.16. The summed E-state index contributed by atoms with van der Waals surface area (Å²) in [5.74, 6) is -3.70. The number of rotatable bonds is 3. The molecule has 25 heavy (non-hydrogen) atoms. The van der Waals surface area contributed by atoms with Gasteiger partial charge in [0.1, 0.15) is 0 Å². The van der Waals surface area contributed by atoms with Crippen LogP contribution >= 0.6 is 11.6 Å². The Bertz CT molecular complexity index is 877. The van der Waals surface area contributed by atoms with E-state index in [0.29, 0.717) is 18.2 Å². The van der Waals surface area contributed by atoms with Gasteiger partial charge < -0.3 is 0 Å². The van der Waals surface area contributed by atoms with Crippen molar-refractivity contribution in [1.29, 1.82) is 5.26 Å². The fourth-order valence-electron chi connectivity index (χ4n) is 1.85. The van der Waals surface area contributed by atoms with Crippen molar-refractivity contribution in [2.24, 2.45) is 0 Å².